The average Bonchev–Trinajstić information content (AvgIpc) is 3.17. The second-order valence-electron chi connectivity index (χ2n) is 14.3. The maximum absolute atomic E-state index is 14.1. The Kier molecular flexibility index (Phi) is 19.3. The molecule has 4 bridgehead atoms. The summed E-state index contributed by atoms with van der Waals surface area (Å²) in [7, 11) is 1.42. The molecule has 2 aromatic carbocycles. The first-order valence-electron chi connectivity index (χ1n) is 19.8. The summed E-state index contributed by atoms with van der Waals surface area (Å²) < 4.78 is 5.93. The molecule has 3 atom stereocenters. The fraction of sp³-hybridized carbons (Fsp3) is 0.561. The van der Waals surface area contributed by atoms with Crippen LogP contribution in [0.15, 0.2) is 36.4 Å². The van der Waals surface area contributed by atoms with Crippen LogP contribution in [-0.2, 0) is 35.2 Å². The van der Waals surface area contributed by atoms with Gasteiger partial charge in [0, 0.05) is 44.1 Å². The number of nitrogens with one attached hydrogen (secondary N) is 5. The van der Waals surface area contributed by atoms with Gasteiger partial charge in [0.15, 0.2) is 0 Å². The van der Waals surface area contributed by atoms with Crippen LogP contribution in [0.1, 0.15) is 95.7 Å². The number of ether oxygens (including phenoxy) is 1. The van der Waals surface area contributed by atoms with E-state index in [0.717, 1.165) is 19.4 Å². The number of benzene rings is 2. The zero-order chi connectivity index (χ0) is 41.0. The molecule has 2 aromatic rings. The van der Waals surface area contributed by atoms with Gasteiger partial charge in [0.2, 0.25) is 29.5 Å². The average molecular weight is 780 g/mol. The molecule has 0 fully saturated rings. The molecule has 1 heterocycles. The number of rotatable bonds is 21. The first kappa shape index (κ1) is 45.4. The van der Waals surface area contributed by atoms with E-state index in [1.807, 2.05) is 0 Å². The smallest absolute Gasteiger partial charge is 0.248 e. The molecule has 5 amide bonds. The first-order chi connectivity index (χ1) is 26.9. The van der Waals surface area contributed by atoms with Gasteiger partial charge in [-0.1, -0.05) is 64.0 Å². The lowest BCUT2D eigenvalue weighted by Gasteiger charge is -2.30. The number of aromatic hydroxyl groups is 1. The normalized spacial score (nSPS) is 16.8. The topological polar surface area (TPSA) is 221 Å². The number of amides is 5. The number of phenolic OH excluding ortho intramolecular Hbond substituents is 1. The molecule has 1 aliphatic rings. The number of carbonyl (C=O) groups is 6. The highest BCUT2D eigenvalue weighted by molar-refractivity contribution is 5.96. The van der Waals surface area contributed by atoms with Gasteiger partial charge < -0.3 is 47.1 Å². The standard InChI is InChI=1S/C41H61N7O8/c1-5-6-7-8-9-10-11-12-19-43-20-17-36(51)44-26-37(52)48(4)38-30-14-16-35(56-21-18-42)32(24-30)31-22-29(13-15-34(31)50)23-33(40(54)45-25-27(2)49)47-39(53)28(3)46-41(38)55/h13-16,22,24,28,33,38,43,50H,5-12,17-21,23,25-26,42H2,1-4H3,(H,44,51)(H,45,54)(H,46,55)(H,47,53)/t28-,33?,38?/m0/s1. The van der Waals surface area contributed by atoms with Crippen molar-refractivity contribution in [1.29, 1.82) is 0 Å². The number of fused-ring (bicyclic) bond motifs is 5. The number of nitrogens with two attached hydrogens (primary N) is 1. The van der Waals surface area contributed by atoms with E-state index < -0.39 is 41.8 Å². The van der Waals surface area contributed by atoms with Gasteiger partial charge in [-0.25, -0.2) is 0 Å². The minimum Gasteiger partial charge on any atom is -0.507 e. The number of hydrogen-bond acceptors (Lipinski definition) is 10. The predicted octanol–water partition coefficient (Wildman–Crippen LogP) is 2.38. The molecule has 0 radical (unpaired) electrons. The molecule has 56 heavy (non-hydrogen) atoms. The van der Waals surface area contributed by atoms with Gasteiger partial charge >= 0.3 is 0 Å². The minimum absolute atomic E-state index is 0.0109. The van der Waals surface area contributed by atoms with Gasteiger partial charge in [-0.3, -0.25) is 28.8 Å². The van der Waals surface area contributed by atoms with Crippen molar-refractivity contribution >= 4 is 35.3 Å². The Balaban J connectivity index is 1.82. The Morgan fingerprint density at radius 2 is 1.61 bits per heavy atom. The van der Waals surface area contributed by atoms with Crippen molar-refractivity contribution in [3.05, 3.63) is 47.5 Å². The summed E-state index contributed by atoms with van der Waals surface area (Å²) in [6.07, 6.45) is 9.89. The third-order valence-corrected chi connectivity index (χ3v) is 9.58. The number of phenols is 1. The number of hydrogen-bond donors (Lipinski definition) is 7. The van der Waals surface area contributed by atoms with Crippen LogP contribution in [0, 0.1) is 0 Å². The summed E-state index contributed by atoms with van der Waals surface area (Å²) in [4.78, 5) is 79.7. The summed E-state index contributed by atoms with van der Waals surface area (Å²) in [6.45, 7) is 5.97. The van der Waals surface area contributed by atoms with Crippen LogP contribution in [0.2, 0.25) is 0 Å². The lowest BCUT2D eigenvalue weighted by Crippen LogP contribution is -2.55. The predicted molar refractivity (Wildman–Crippen MR) is 214 cm³/mol. The van der Waals surface area contributed by atoms with Crippen molar-refractivity contribution in [2.24, 2.45) is 5.73 Å². The molecule has 308 valence electrons. The molecule has 0 aromatic heterocycles. The Labute approximate surface area is 330 Å². The van der Waals surface area contributed by atoms with Crippen molar-refractivity contribution < 1.29 is 38.6 Å². The van der Waals surface area contributed by atoms with E-state index in [1.54, 1.807) is 30.3 Å². The lowest BCUT2D eigenvalue weighted by atomic mass is 9.93. The van der Waals surface area contributed by atoms with E-state index in [9.17, 15) is 33.9 Å². The molecule has 3 rings (SSSR count). The van der Waals surface area contributed by atoms with Gasteiger partial charge in [-0.2, -0.15) is 0 Å². The maximum atomic E-state index is 14.1. The molecule has 0 saturated heterocycles. The fourth-order valence-corrected chi connectivity index (χ4v) is 6.38. The van der Waals surface area contributed by atoms with Gasteiger partial charge in [-0.05, 0) is 62.2 Å². The molecule has 0 aliphatic carbocycles. The highest BCUT2D eigenvalue weighted by Gasteiger charge is 2.33. The van der Waals surface area contributed by atoms with E-state index in [2.05, 4.69) is 33.5 Å². The van der Waals surface area contributed by atoms with Crippen LogP contribution < -0.4 is 37.1 Å². The van der Waals surface area contributed by atoms with Crippen LogP contribution in [-0.4, -0.2) is 104 Å². The third-order valence-electron chi connectivity index (χ3n) is 9.58. The second kappa shape index (κ2) is 23.8. The third kappa shape index (κ3) is 14.6. The van der Waals surface area contributed by atoms with Gasteiger partial charge in [0.1, 0.15) is 42.0 Å². The van der Waals surface area contributed by atoms with E-state index in [-0.39, 0.29) is 56.5 Å². The van der Waals surface area contributed by atoms with E-state index in [1.165, 1.54) is 70.4 Å². The minimum atomic E-state index is -1.30. The number of nitrogens with zero attached hydrogens (tertiary/aromatic N) is 1. The SMILES string of the molecule is CCCCCCCCCCNCCC(=O)NCC(=O)N(C)C1C(=O)N[C@@H](C)C(=O)NC(C(=O)NCC(C)=O)Cc2ccc(O)c(c2)-c2cc1ccc2OCCN. The van der Waals surface area contributed by atoms with Crippen molar-refractivity contribution in [2.45, 2.75) is 103 Å². The summed E-state index contributed by atoms with van der Waals surface area (Å²) >= 11 is 0. The molecule has 0 spiro atoms. The van der Waals surface area contributed by atoms with E-state index in [4.69, 9.17) is 10.5 Å². The van der Waals surface area contributed by atoms with Crippen LogP contribution in [0.4, 0.5) is 0 Å². The monoisotopic (exact) mass is 779 g/mol. The Hall–Kier alpha value is -5.02. The van der Waals surface area contributed by atoms with E-state index in [0.29, 0.717) is 34.5 Å². The summed E-state index contributed by atoms with van der Waals surface area (Å²) in [5, 5.41) is 24.9. The summed E-state index contributed by atoms with van der Waals surface area (Å²) in [5.74, 6) is -2.98. The largest absolute Gasteiger partial charge is 0.507 e. The van der Waals surface area contributed by atoms with Gasteiger partial charge in [-0.15, -0.1) is 0 Å². The summed E-state index contributed by atoms with van der Waals surface area (Å²) in [6, 6.07) is 5.91. The molecule has 1 aliphatic heterocycles. The molecule has 2 unspecified atom stereocenters. The quantitative estimate of drug-likeness (QED) is 0.0918. The zero-order valence-electron chi connectivity index (χ0n) is 33.3. The Morgan fingerprint density at radius 3 is 2.30 bits per heavy atom. The number of Topliss-reactive ketones (excluding diaryl/α,β-unsaturated/α-hetero) is 1. The van der Waals surface area contributed by atoms with Gasteiger partial charge in [0.25, 0.3) is 0 Å². The fourth-order valence-electron chi connectivity index (χ4n) is 6.38. The lowest BCUT2D eigenvalue weighted by molar-refractivity contribution is -0.140. The van der Waals surface area contributed by atoms with Crippen LogP contribution in [0.25, 0.3) is 11.1 Å². The Morgan fingerprint density at radius 1 is 0.893 bits per heavy atom. The zero-order valence-corrected chi connectivity index (χ0v) is 33.3. The van der Waals surface area contributed by atoms with Crippen molar-refractivity contribution in [1.82, 2.24) is 31.5 Å². The molecular weight excluding hydrogens is 718 g/mol. The molecule has 8 N–H and O–H groups in total. The van der Waals surface area contributed by atoms with Crippen molar-refractivity contribution in [3.63, 3.8) is 0 Å². The first-order valence-corrected chi connectivity index (χ1v) is 19.8. The molecule has 0 saturated carbocycles. The van der Waals surface area contributed by atoms with E-state index >= 15 is 0 Å². The molecule has 15 heteroatoms. The van der Waals surface area contributed by atoms with Crippen LogP contribution in [0.3, 0.4) is 0 Å². The highest BCUT2D eigenvalue weighted by atomic mass is 16.5. The highest BCUT2D eigenvalue weighted by Crippen LogP contribution is 2.39. The number of likely N-dealkylation sites (N-methyl/N-ethyl adjacent to an activating group) is 1. The number of unbranched alkanes of at least 4 members (excludes halogenated alkanes) is 7. The number of ketones is 1. The second-order valence-corrected chi connectivity index (χ2v) is 14.3. The summed E-state index contributed by atoms with van der Waals surface area (Å²) in [5.41, 5.74) is 7.30. The molecular formula is C41H61N7O8. The maximum Gasteiger partial charge on any atom is 0.248 e. The number of carbonyl (C=O) groups excluding carboxylic acids is 6. The molecule has 15 nitrogen and oxygen atoms in total. The van der Waals surface area contributed by atoms with Crippen molar-refractivity contribution in [3.8, 4) is 22.6 Å². The van der Waals surface area contributed by atoms with Crippen LogP contribution >= 0.6 is 0 Å². The Bertz CT molecular complexity index is 1650. The van der Waals surface area contributed by atoms with Crippen LogP contribution in [0.5, 0.6) is 11.5 Å². The van der Waals surface area contributed by atoms with Crippen molar-refractivity contribution in [2.75, 3.05) is 46.4 Å². The van der Waals surface area contributed by atoms with Gasteiger partial charge in [0.05, 0.1) is 13.1 Å².